The summed E-state index contributed by atoms with van der Waals surface area (Å²) in [6.45, 7) is 5.77. The molecule has 0 saturated carbocycles. The van der Waals surface area contributed by atoms with Crippen LogP contribution in [0.4, 0.5) is 0 Å². The van der Waals surface area contributed by atoms with E-state index < -0.39 is 11.9 Å². The Balaban J connectivity index is 1.64. The molecule has 1 aliphatic rings. The Morgan fingerprint density at radius 2 is 1.54 bits per heavy atom. The lowest BCUT2D eigenvalue weighted by molar-refractivity contribution is -0.149. The standard InChI is InChI=1S/C22H27NO3/c1-16(2)20(22(24)25)15-26-19-13-23(14-19)21(17-9-5-3-6-10-17)18-11-7-4-8-12-18/h3-12,16,19-21H,13-15H2,1-2H3,(H,24,25). The van der Waals surface area contributed by atoms with Gasteiger partial charge in [0.25, 0.3) is 0 Å². The zero-order chi connectivity index (χ0) is 18.5. The highest BCUT2D eigenvalue weighted by Gasteiger charge is 2.35. The average Bonchev–Trinajstić information content (AvgIpc) is 2.60. The molecule has 0 radical (unpaired) electrons. The molecule has 1 aliphatic heterocycles. The Bertz CT molecular complexity index is 656. The minimum atomic E-state index is -0.775. The van der Waals surface area contributed by atoms with Gasteiger partial charge in [-0.3, -0.25) is 9.69 Å². The SMILES string of the molecule is CC(C)C(COC1CN(C(c2ccccc2)c2ccccc2)C1)C(=O)O. The van der Waals surface area contributed by atoms with Crippen LogP contribution in [0.3, 0.4) is 0 Å². The number of hydrogen-bond acceptors (Lipinski definition) is 3. The lowest BCUT2D eigenvalue weighted by atomic mass is 9.93. The minimum Gasteiger partial charge on any atom is -0.481 e. The monoisotopic (exact) mass is 353 g/mol. The Morgan fingerprint density at radius 3 is 1.96 bits per heavy atom. The number of benzene rings is 2. The quantitative estimate of drug-likeness (QED) is 0.783. The first-order valence-corrected chi connectivity index (χ1v) is 9.24. The summed E-state index contributed by atoms with van der Waals surface area (Å²) < 4.78 is 5.89. The summed E-state index contributed by atoms with van der Waals surface area (Å²) >= 11 is 0. The summed E-state index contributed by atoms with van der Waals surface area (Å²) in [7, 11) is 0. The molecule has 2 aromatic rings. The van der Waals surface area contributed by atoms with Gasteiger partial charge in [-0.25, -0.2) is 0 Å². The van der Waals surface area contributed by atoms with Crippen molar-refractivity contribution in [1.29, 1.82) is 0 Å². The van der Waals surface area contributed by atoms with Crippen molar-refractivity contribution in [2.24, 2.45) is 11.8 Å². The van der Waals surface area contributed by atoms with Gasteiger partial charge in [0.2, 0.25) is 0 Å². The number of ether oxygens (including phenoxy) is 1. The van der Waals surface area contributed by atoms with Crippen LogP contribution < -0.4 is 0 Å². The summed E-state index contributed by atoms with van der Waals surface area (Å²) in [5, 5.41) is 9.29. The molecule has 0 aromatic heterocycles. The fourth-order valence-corrected chi connectivity index (χ4v) is 3.46. The topological polar surface area (TPSA) is 49.8 Å². The van der Waals surface area contributed by atoms with E-state index in [0.29, 0.717) is 0 Å². The molecule has 0 spiro atoms. The van der Waals surface area contributed by atoms with Crippen molar-refractivity contribution in [3.8, 4) is 0 Å². The number of carboxylic acid groups (broad SMARTS) is 1. The van der Waals surface area contributed by atoms with Crippen molar-refractivity contribution in [3.63, 3.8) is 0 Å². The molecule has 138 valence electrons. The number of carbonyl (C=O) groups is 1. The molecule has 1 fully saturated rings. The van der Waals surface area contributed by atoms with Crippen LogP contribution in [0.1, 0.15) is 31.0 Å². The second kappa shape index (κ2) is 8.47. The van der Waals surface area contributed by atoms with Crippen molar-refractivity contribution in [3.05, 3.63) is 71.8 Å². The summed E-state index contributed by atoms with van der Waals surface area (Å²) in [4.78, 5) is 13.7. The molecule has 1 atom stereocenters. The summed E-state index contributed by atoms with van der Waals surface area (Å²) in [5.41, 5.74) is 2.53. The third-order valence-corrected chi connectivity index (χ3v) is 5.11. The Labute approximate surface area is 155 Å². The molecule has 0 amide bonds. The van der Waals surface area contributed by atoms with Crippen molar-refractivity contribution < 1.29 is 14.6 Å². The number of rotatable bonds is 8. The van der Waals surface area contributed by atoms with E-state index in [1.54, 1.807) is 0 Å². The molecule has 1 heterocycles. The smallest absolute Gasteiger partial charge is 0.309 e. The highest BCUT2D eigenvalue weighted by Crippen LogP contribution is 2.33. The number of nitrogens with zero attached hydrogens (tertiary/aromatic N) is 1. The van der Waals surface area contributed by atoms with Gasteiger partial charge in [-0.15, -0.1) is 0 Å². The van der Waals surface area contributed by atoms with Crippen molar-refractivity contribution in [2.45, 2.75) is 26.0 Å². The van der Waals surface area contributed by atoms with Gasteiger partial charge in [-0.2, -0.15) is 0 Å². The van der Waals surface area contributed by atoms with Gasteiger partial charge < -0.3 is 9.84 Å². The molecule has 1 unspecified atom stereocenters. The maximum Gasteiger partial charge on any atom is 0.309 e. The van der Waals surface area contributed by atoms with E-state index in [1.165, 1.54) is 11.1 Å². The fourth-order valence-electron chi connectivity index (χ4n) is 3.46. The fraction of sp³-hybridized carbons (Fsp3) is 0.409. The maximum atomic E-state index is 11.3. The Kier molecular flexibility index (Phi) is 6.07. The summed E-state index contributed by atoms with van der Waals surface area (Å²) in [5.74, 6) is -1.14. The highest BCUT2D eigenvalue weighted by molar-refractivity contribution is 5.70. The van der Waals surface area contributed by atoms with Crippen LogP contribution >= 0.6 is 0 Å². The van der Waals surface area contributed by atoms with Crippen LogP contribution in [0.15, 0.2) is 60.7 Å². The average molecular weight is 353 g/mol. The summed E-state index contributed by atoms with van der Waals surface area (Å²) in [6, 6.07) is 21.2. The third kappa shape index (κ3) is 4.32. The molecule has 4 heteroatoms. The van der Waals surface area contributed by atoms with Gasteiger partial charge in [0, 0.05) is 13.1 Å². The van der Waals surface area contributed by atoms with E-state index in [-0.39, 0.29) is 24.7 Å². The molecule has 0 bridgehead atoms. The largest absolute Gasteiger partial charge is 0.481 e. The maximum absolute atomic E-state index is 11.3. The zero-order valence-electron chi connectivity index (χ0n) is 15.4. The number of likely N-dealkylation sites (tertiary alicyclic amines) is 1. The Morgan fingerprint density at radius 1 is 1.04 bits per heavy atom. The van der Waals surface area contributed by atoms with Gasteiger partial charge in [0.05, 0.1) is 24.7 Å². The van der Waals surface area contributed by atoms with E-state index in [2.05, 4.69) is 53.4 Å². The van der Waals surface area contributed by atoms with Crippen molar-refractivity contribution >= 4 is 5.97 Å². The van der Waals surface area contributed by atoms with Gasteiger partial charge in [0.15, 0.2) is 0 Å². The lowest BCUT2D eigenvalue weighted by Gasteiger charge is -2.44. The van der Waals surface area contributed by atoms with Crippen molar-refractivity contribution in [2.75, 3.05) is 19.7 Å². The predicted octanol–water partition coefficient (Wildman–Crippen LogP) is 3.83. The number of aliphatic carboxylic acids is 1. The molecule has 4 nitrogen and oxygen atoms in total. The van der Waals surface area contributed by atoms with Gasteiger partial charge in [-0.1, -0.05) is 74.5 Å². The van der Waals surface area contributed by atoms with Crippen LogP contribution in [-0.2, 0) is 9.53 Å². The normalized spacial score (nSPS) is 16.6. The number of hydrogen-bond donors (Lipinski definition) is 1. The molecule has 0 aliphatic carbocycles. The first-order valence-electron chi connectivity index (χ1n) is 9.24. The predicted molar refractivity (Wildman–Crippen MR) is 102 cm³/mol. The number of carboxylic acids is 1. The van der Waals surface area contributed by atoms with E-state index in [0.717, 1.165) is 13.1 Å². The van der Waals surface area contributed by atoms with Crippen LogP contribution in [-0.4, -0.2) is 41.8 Å². The van der Waals surface area contributed by atoms with E-state index in [4.69, 9.17) is 4.74 Å². The summed E-state index contributed by atoms with van der Waals surface area (Å²) in [6.07, 6.45) is 0.102. The molecule has 26 heavy (non-hydrogen) atoms. The molecule has 2 aromatic carbocycles. The van der Waals surface area contributed by atoms with E-state index in [9.17, 15) is 9.90 Å². The van der Waals surface area contributed by atoms with Gasteiger partial charge in [-0.05, 0) is 17.0 Å². The first kappa shape index (κ1) is 18.6. The lowest BCUT2D eigenvalue weighted by Crippen LogP contribution is -2.54. The first-order chi connectivity index (χ1) is 12.6. The third-order valence-electron chi connectivity index (χ3n) is 5.11. The molecular formula is C22H27NO3. The second-order valence-corrected chi connectivity index (χ2v) is 7.32. The van der Waals surface area contributed by atoms with Crippen molar-refractivity contribution in [1.82, 2.24) is 4.90 Å². The molecule has 1 N–H and O–H groups in total. The minimum absolute atomic E-state index is 0.0741. The second-order valence-electron chi connectivity index (χ2n) is 7.32. The van der Waals surface area contributed by atoms with Crippen LogP contribution in [0, 0.1) is 11.8 Å². The van der Waals surface area contributed by atoms with Crippen LogP contribution in [0.2, 0.25) is 0 Å². The van der Waals surface area contributed by atoms with Gasteiger partial charge in [0.1, 0.15) is 0 Å². The van der Waals surface area contributed by atoms with E-state index >= 15 is 0 Å². The van der Waals surface area contributed by atoms with E-state index in [1.807, 2.05) is 26.0 Å². The van der Waals surface area contributed by atoms with Gasteiger partial charge >= 0.3 is 5.97 Å². The highest BCUT2D eigenvalue weighted by atomic mass is 16.5. The van der Waals surface area contributed by atoms with Crippen LogP contribution in [0.25, 0.3) is 0 Å². The Hall–Kier alpha value is -2.17. The van der Waals surface area contributed by atoms with Crippen LogP contribution in [0.5, 0.6) is 0 Å². The zero-order valence-corrected chi connectivity index (χ0v) is 15.4. The molecular weight excluding hydrogens is 326 g/mol. The molecule has 1 saturated heterocycles. The molecule has 3 rings (SSSR count).